The zero-order valence-electron chi connectivity index (χ0n) is 17.9. The van der Waals surface area contributed by atoms with Crippen LogP contribution < -0.4 is 19.3 Å². The highest BCUT2D eigenvalue weighted by Crippen LogP contribution is 2.23. The molecule has 0 bridgehead atoms. The Bertz CT molecular complexity index is 1050. The molecule has 3 rings (SSSR count). The smallest absolute Gasteiger partial charge is 0.261 e. The SMILES string of the molecule is C[C@@H](Oc1ccc(N(C)S(C)(=O)=O)cc1)C(=O)NCc1cccc(N2CCCC2=O)c1. The highest BCUT2D eigenvalue weighted by molar-refractivity contribution is 7.92. The summed E-state index contributed by atoms with van der Waals surface area (Å²) in [4.78, 5) is 26.1. The van der Waals surface area contributed by atoms with E-state index in [4.69, 9.17) is 4.74 Å². The van der Waals surface area contributed by atoms with E-state index in [9.17, 15) is 18.0 Å². The van der Waals surface area contributed by atoms with E-state index in [1.807, 2.05) is 24.3 Å². The first-order valence-corrected chi connectivity index (χ1v) is 11.9. The van der Waals surface area contributed by atoms with Gasteiger partial charge in [0.2, 0.25) is 15.9 Å². The van der Waals surface area contributed by atoms with Gasteiger partial charge in [-0.3, -0.25) is 13.9 Å². The fourth-order valence-electron chi connectivity index (χ4n) is 3.27. The number of nitrogens with zero attached hydrogens (tertiary/aromatic N) is 2. The fourth-order valence-corrected chi connectivity index (χ4v) is 3.78. The number of ether oxygens (including phenoxy) is 1. The van der Waals surface area contributed by atoms with E-state index in [-0.39, 0.29) is 11.8 Å². The van der Waals surface area contributed by atoms with Gasteiger partial charge in [0.15, 0.2) is 6.10 Å². The van der Waals surface area contributed by atoms with Crippen molar-refractivity contribution in [2.24, 2.45) is 0 Å². The fraction of sp³-hybridized carbons (Fsp3) is 0.364. The molecule has 1 aliphatic heterocycles. The molecule has 0 radical (unpaired) electrons. The van der Waals surface area contributed by atoms with Crippen molar-refractivity contribution in [1.29, 1.82) is 0 Å². The van der Waals surface area contributed by atoms with Gasteiger partial charge in [0, 0.05) is 32.2 Å². The van der Waals surface area contributed by atoms with Gasteiger partial charge in [0.1, 0.15) is 5.75 Å². The van der Waals surface area contributed by atoms with Crippen molar-refractivity contribution in [2.45, 2.75) is 32.4 Å². The van der Waals surface area contributed by atoms with Gasteiger partial charge >= 0.3 is 0 Å². The largest absolute Gasteiger partial charge is 0.481 e. The number of carbonyl (C=O) groups is 2. The van der Waals surface area contributed by atoms with E-state index in [2.05, 4.69) is 5.32 Å². The lowest BCUT2D eigenvalue weighted by Crippen LogP contribution is -2.36. The summed E-state index contributed by atoms with van der Waals surface area (Å²) in [6.07, 6.45) is 1.83. The van der Waals surface area contributed by atoms with Gasteiger partial charge in [-0.1, -0.05) is 12.1 Å². The number of rotatable bonds is 8. The molecule has 2 amide bonds. The zero-order valence-corrected chi connectivity index (χ0v) is 18.7. The number of sulfonamides is 1. The van der Waals surface area contributed by atoms with Crippen molar-refractivity contribution >= 4 is 33.2 Å². The first-order chi connectivity index (χ1) is 14.6. The maximum atomic E-state index is 12.4. The number of amides is 2. The van der Waals surface area contributed by atoms with Crippen LogP contribution in [0.1, 0.15) is 25.3 Å². The average molecular weight is 446 g/mol. The Morgan fingerprint density at radius 2 is 1.94 bits per heavy atom. The van der Waals surface area contributed by atoms with Crippen LogP contribution in [0.25, 0.3) is 0 Å². The monoisotopic (exact) mass is 445 g/mol. The van der Waals surface area contributed by atoms with Gasteiger partial charge in [-0.15, -0.1) is 0 Å². The van der Waals surface area contributed by atoms with Gasteiger partial charge < -0.3 is 15.0 Å². The predicted octanol–water partition coefficient (Wildman–Crippen LogP) is 2.29. The molecule has 1 atom stereocenters. The van der Waals surface area contributed by atoms with Gasteiger partial charge in [-0.05, 0) is 55.3 Å². The molecule has 2 aromatic carbocycles. The molecule has 1 saturated heterocycles. The molecular formula is C22H27N3O5S. The number of nitrogens with one attached hydrogen (secondary N) is 1. The molecule has 1 aliphatic rings. The van der Waals surface area contributed by atoms with Crippen LogP contribution in [0.3, 0.4) is 0 Å². The maximum absolute atomic E-state index is 12.4. The van der Waals surface area contributed by atoms with Gasteiger partial charge in [0.05, 0.1) is 11.9 Å². The summed E-state index contributed by atoms with van der Waals surface area (Å²) < 4.78 is 30.0. The van der Waals surface area contributed by atoms with Crippen LogP contribution in [0.2, 0.25) is 0 Å². The van der Waals surface area contributed by atoms with Crippen molar-refractivity contribution in [1.82, 2.24) is 5.32 Å². The Morgan fingerprint density at radius 3 is 2.55 bits per heavy atom. The molecule has 2 aromatic rings. The molecule has 0 spiro atoms. The van der Waals surface area contributed by atoms with Crippen LogP contribution in [0, 0.1) is 0 Å². The maximum Gasteiger partial charge on any atom is 0.261 e. The van der Waals surface area contributed by atoms with Gasteiger partial charge in [-0.25, -0.2) is 8.42 Å². The Kier molecular flexibility index (Phi) is 6.84. The third kappa shape index (κ3) is 5.75. The number of hydrogen-bond acceptors (Lipinski definition) is 5. The van der Waals surface area contributed by atoms with Crippen LogP contribution in [0.5, 0.6) is 5.75 Å². The molecular weight excluding hydrogens is 418 g/mol. The second-order valence-corrected chi connectivity index (χ2v) is 9.53. The van der Waals surface area contributed by atoms with Crippen molar-refractivity contribution in [3.63, 3.8) is 0 Å². The number of benzene rings is 2. The second kappa shape index (κ2) is 9.38. The number of anilines is 2. The van der Waals surface area contributed by atoms with Crippen LogP contribution >= 0.6 is 0 Å². The number of carbonyl (C=O) groups excluding carboxylic acids is 2. The standard InChI is InChI=1S/C22H27N3O5S/c1-16(30-20-11-9-18(10-12-20)24(2)31(3,28)29)22(27)23-15-17-6-4-7-19(14-17)25-13-5-8-21(25)26/h4,6-7,9-12,14,16H,5,8,13,15H2,1-3H3,(H,23,27)/t16-/m1/s1. The van der Waals surface area contributed by atoms with Crippen molar-refractivity contribution in [3.05, 3.63) is 54.1 Å². The molecule has 31 heavy (non-hydrogen) atoms. The summed E-state index contributed by atoms with van der Waals surface area (Å²) in [6.45, 7) is 2.68. The zero-order chi connectivity index (χ0) is 22.6. The Balaban J connectivity index is 1.55. The van der Waals surface area contributed by atoms with Crippen LogP contribution in [0.4, 0.5) is 11.4 Å². The van der Waals surface area contributed by atoms with Crippen molar-refractivity contribution < 1.29 is 22.7 Å². The van der Waals surface area contributed by atoms with Crippen molar-refractivity contribution in [2.75, 3.05) is 29.1 Å². The minimum absolute atomic E-state index is 0.122. The third-order valence-electron chi connectivity index (χ3n) is 5.14. The summed E-state index contributed by atoms with van der Waals surface area (Å²) in [5.41, 5.74) is 2.24. The Hall–Kier alpha value is -3.07. The lowest BCUT2D eigenvalue weighted by Gasteiger charge is -2.19. The third-order valence-corrected chi connectivity index (χ3v) is 6.35. The first kappa shape index (κ1) is 22.6. The molecule has 0 aliphatic carbocycles. The molecule has 1 heterocycles. The van der Waals surface area contributed by atoms with E-state index < -0.39 is 16.1 Å². The lowest BCUT2D eigenvalue weighted by atomic mass is 10.2. The van der Waals surface area contributed by atoms with E-state index in [0.29, 0.717) is 24.4 Å². The van der Waals surface area contributed by atoms with Crippen LogP contribution in [-0.4, -0.2) is 46.2 Å². The van der Waals surface area contributed by atoms with E-state index >= 15 is 0 Å². The minimum atomic E-state index is -3.34. The molecule has 0 aromatic heterocycles. The molecule has 0 saturated carbocycles. The number of hydrogen-bond donors (Lipinski definition) is 1. The van der Waals surface area contributed by atoms with E-state index in [1.165, 1.54) is 7.05 Å². The topological polar surface area (TPSA) is 96.0 Å². The quantitative estimate of drug-likeness (QED) is 0.673. The summed E-state index contributed by atoms with van der Waals surface area (Å²) in [5, 5.41) is 2.84. The van der Waals surface area contributed by atoms with Gasteiger partial charge in [0.25, 0.3) is 5.91 Å². The highest BCUT2D eigenvalue weighted by Gasteiger charge is 2.22. The normalized spacial score (nSPS) is 14.9. The molecule has 9 heteroatoms. The minimum Gasteiger partial charge on any atom is -0.481 e. The van der Waals surface area contributed by atoms with Gasteiger partial charge in [-0.2, -0.15) is 0 Å². The molecule has 166 valence electrons. The second-order valence-electron chi connectivity index (χ2n) is 7.52. The molecule has 1 N–H and O–H groups in total. The Morgan fingerprint density at radius 1 is 1.23 bits per heavy atom. The average Bonchev–Trinajstić information content (AvgIpc) is 3.17. The summed E-state index contributed by atoms with van der Waals surface area (Å²) in [7, 11) is -1.88. The summed E-state index contributed by atoms with van der Waals surface area (Å²) in [6, 6.07) is 14.1. The lowest BCUT2D eigenvalue weighted by molar-refractivity contribution is -0.127. The van der Waals surface area contributed by atoms with Crippen LogP contribution in [-0.2, 0) is 26.2 Å². The van der Waals surface area contributed by atoms with E-state index in [0.717, 1.165) is 34.8 Å². The Labute approximate surface area is 182 Å². The highest BCUT2D eigenvalue weighted by atomic mass is 32.2. The summed E-state index contributed by atoms with van der Waals surface area (Å²) >= 11 is 0. The van der Waals surface area contributed by atoms with Crippen LogP contribution in [0.15, 0.2) is 48.5 Å². The predicted molar refractivity (Wildman–Crippen MR) is 120 cm³/mol. The first-order valence-electron chi connectivity index (χ1n) is 10.0. The summed E-state index contributed by atoms with van der Waals surface area (Å²) in [5.74, 6) is 0.305. The molecule has 8 nitrogen and oxygen atoms in total. The van der Waals surface area contributed by atoms with E-state index in [1.54, 1.807) is 36.1 Å². The molecule has 1 fully saturated rings. The van der Waals surface area contributed by atoms with Crippen molar-refractivity contribution in [3.8, 4) is 5.75 Å². The molecule has 0 unspecified atom stereocenters.